The maximum atomic E-state index is 6.23. The van der Waals surface area contributed by atoms with Crippen molar-refractivity contribution in [2.45, 2.75) is 33.1 Å². The van der Waals surface area contributed by atoms with Crippen LogP contribution in [-0.4, -0.2) is 9.97 Å². The number of hydrogen-bond acceptors (Lipinski definition) is 4. The van der Waals surface area contributed by atoms with Crippen molar-refractivity contribution in [3.05, 3.63) is 39.1 Å². The SMILES string of the molecule is Cc1c(N)nc(C(C)(C)C)nc1Nc1ccc(Br)cc1Cl. The molecular weight excluding hydrogens is 352 g/mol. The van der Waals surface area contributed by atoms with Gasteiger partial charge in [0, 0.05) is 15.5 Å². The summed E-state index contributed by atoms with van der Waals surface area (Å²) in [4.78, 5) is 8.96. The van der Waals surface area contributed by atoms with Gasteiger partial charge < -0.3 is 11.1 Å². The maximum absolute atomic E-state index is 6.23. The molecule has 0 aliphatic heterocycles. The highest BCUT2D eigenvalue weighted by Crippen LogP contribution is 2.31. The first kappa shape index (κ1) is 16.0. The summed E-state index contributed by atoms with van der Waals surface area (Å²) in [5.74, 6) is 1.85. The summed E-state index contributed by atoms with van der Waals surface area (Å²) in [6, 6.07) is 5.63. The summed E-state index contributed by atoms with van der Waals surface area (Å²) in [5.41, 5.74) is 7.41. The lowest BCUT2D eigenvalue weighted by molar-refractivity contribution is 0.546. The van der Waals surface area contributed by atoms with Crippen molar-refractivity contribution in [1.29, 1.82) is 0 Å². The molecular formula is C15H18BrClN4. The van der Waals surface area contributed by atoms with Crippen LogP contribution in [0.5, 0.6) is 0 Å². The molecule has 0 atom stereocenters. The van der Waals surface area contributed by atoms with Gasteiger partial charge in [-0.3, -0.25) is 0 Å². The van der Waals surface area contributed by atoms with Crippen LogP contribution in [0.3, 0.4) is 0 Å². The zero-order valence-electron chi connectivity index (χ0n) is 12.5. The Morgan fingerprint density at radius 3 is 2.48 bits per heavy atom. The second-order valence-electron chi connectivity index (χ2n) is 5.91. The average Bonchev–Trinajstić information content (AvgIpc) is 2.36. The van der Waals surface area contributed by atoms with Gasteiger partial charge in [0.1, 0.15) is 17.5 Å². The van der Waals surface area contributed by atoms with Gasteiger partial charge in [-0.2, -0.15) is 0 Å². The molecule has 1 aromatic carbocycles. The summed E-state index contributed by atoms with van der Waals surface area (Å²) in [7, 11) is 0. The summed E-state index contributed by atoms with van der Waals surface area (Å²) < 4.78 is 0.923. The van der Waals surface area contributed by atoms with Gasteiger partial charge in [-0.25, -0.2) is 9.97 Å². The Kier molecular flexibility index (Phi) is 4.44. The van der Waals surface area contributed by atoms with Gasteiger partial charge in [0.2, 0.25) is 0 Å². The van der Waals surface area contributed by atoms with E-state index < -0.39 is 0 Å². The fraction of sp³-hybridized carbons (Fsp3) is 0.333. The molecule has 6 heteroatoms. The third-order valence-electron chi connectivity index (χ3n) is 3.04. The lowest BCUT2D eigenvalue weighted by Crippen LogP contribution is -2.18. The zero-order valence-corrected chi connectivity index (χ0v) is 14.8. The van der Waals surface area contributed by atoms with E-state index in [4.69, 9.17) is 17.3 Å². The second-order valence-corrected chi connectivity index (χ2v) is 7.23. The Morgan fingerprint density at radius 2 is 1.90 bits per heavy atom. The molecule has 0 aliphatic rings. The molecule has 0 saturated heterocycles. The van der Waals surface area contributed by atoms with Gasteiger partial charge in [-0.1, -0.05) is 48.3 Å². The van der Waals surface area contributed by atoms with Gasteiger partial charge in [0.05, 0.1) is 10.7 Å². The van der Waals surface area contributed by atoms with Crippen molar-refractivity contribution in [2.75, 3.05) is 11.1 Å². The van der Waals surface area contributed by atoms with Crippen LogP contribution in [0.15, 0.2) is 22.7 Å². The van der Waals surface area contributed by atoms with E-state index in [-0.39, 0.29) is 5.41 Å². The zero-order chi connectivity index (χ0) is 15.8. The van der Waals surface area contributed by atoms with Crippen LogP contribution >= 0.6 is 27.5 Å². The number of nitrogens with two attached hydrogens (primary N) is 1. The molecule has 0 amide bonds. The summed E-state index contributed by atoms with van der Waals surface area (Å²) >= 11 is 9.62. The molecule has 0 saturated carbocycles. The predicted molar refractivity (Wildman–Crippen MR) is 92.3 cm³/mol. The fourth-order valence-electron chi connectivity index (χ4n) is 1.71. The third-order valence-corrected chi connectivity index (χ3v) is 3.84. The minimum Gasteiger partial charge on any atom is -0.383 e. The number of nitrogens with zero attached hydrogens (tertiary/aromatic N) is 2. The molecule has 0 unspecified atom stereocenters. The number of benzene rings is 1. The average molecular weight is 370 g/mol. The number of rotatable bonds is 2. The van der Waals surface area contributed by atoms with Gasteiger partial charge in [0.15, 0.2) is 0 Å². The fourth-order valence-corrected chi connectivity index (χ4v) is 2.43. The Labute approximate surface area is 138 Å². The first-order valence-electron chi connectivity index (χ1n) is 6.55. The first-order chi connectivity index (χ1) is 9.68. The number of aromatic nitrogens is 2. The van der Waals surface area contributed by atoms with Crippen LogP contribution < -0.4 is 11.1 Å². The molecule has 1 heterocycles. The van der Waals surface area contributed by atoms with Crippen molar-refractivity contribution in [1.82, 2.24) is 9.97 Å². The van der Waals surface area contributed by atoms with Crippen molar-refractivity contribution in [3.63, 3.8) is 0 Å². The van der Waals surface area contributed by atoms with Crippen LogP contribution in [-0.2, 0) is 5.41 Å². The number of nitrogen functional groups attached to an aromatic ring is 1. The molecule has 0 aliphatic carbocycles. The summed E-state index contributed by atoms with van der Waals surface area (Å²) in [5, 5.41) is 3.85. The second kappa shape index (κ2) is 5.81. The Bertz CT molecular complexity index is 680. The highest BCUT2D eigenvalue weighted by atomic mass is 79.9. The predicted octanol–water partition coefficient (Wildman–Crippen LogP) is 4.82. The van der Waals surface area contributed by atoms with E-state index in [1.807, 2.05) is 45.9 Å². The van der Waals surface area contributed by atoms with E-state index in [2.05, 4.69) is 31.2 Å². The van der Waals surface area contributed by atoms with Gasteiger partial charge in [-0.05, 0) is 25.1 Å². The quantitative estimate of drug-likeness (QED) is 0.796. The van der Waals surface area contributed by atoms with E-state index in [1.54, 1.807) is 0 Å². The van der Waals surface area contributed by atoms with Crippen LogP contribution in [0.25, 0.3) is 0 Å². The van der Waals surface area contributed by atoms with E-state index in [0.717, 1.165) is 15.7 Å². The molecule has 0 spiro atoms. The van der Waals surface area contributed by atoms with Gasteiger partial charge >= 0.3 is 0 Å². The van der Waals surface area contributed by atoms with Gasteiger partial charge in [0.25, 0.3) is 0 Å². The molecule has 4 nitrogen and oxygen atoms in total. The molecule has 0 radical (unpaired) electrons. The normalized spacial score (nSPS) is 11.5. The lowest BCUT2D eigenvalue weighted by atomic mass is 9.95. The van der Waals surface area contributed by atoms with Crippen molar-refractivity contribution in [3.8, 4) is 0 Å². The molecule has 0 bridgehead atoms. The Hall–Kier alpha value is -1.33. The molecule has 21 heavy (non-hydrogen) atoms. The number of hydrogen-bond donors (Lipinski definition) is 2. The molecule has 2 aromatic rings. The van der Waals surface area contributed by atoms with E-state index in [9.17, 15) is 0 Å². The third kappa shape index (κ3) is 3.66. The van der Waals surface area contributed by atoms with Crippen molar-refractivity contribution >= 4 is 44.9 Å². The molecule has 112 valence electrons. The largest absolute Gasteiger partial charge is 0.383 e. The number of nitrogens with one attached hydrogen (secondary N) is 1. The Morgan fingerprint density at radius 1 is 1.24 bits per heavy atom. The summed E-state index contributed by atoms with van der Waals surface area (Å²) in [6.07, 6.45) is 0. The summed E-state index contributed by atoms with van der Waals surface area (Å²) in [6.45, 7) is 8.03. The highest BCUT2D eigenvalue weighted by Gasteiger charge is 2.20. The minimum absolute atomic E-state index is 0.179. The lowest BCUT2D eigenvalue weighted by Gasteiger charge is -2.20. The van der Waals surface area contributed by atoms with Crippen LogP contribution in [0.1, 0.15) is 32.2 Å². The molecule has 2 rings (SSSR count). The smallest absolute Gasteiger partial charge is 0.139 e. The standard InChI is InChI=1S/C15H18BrClN4/c1-8-12(18)20-14(15(2,3)4)21-13(8)19-11-6-5-9(16)7-10(11)17/h5-7H,1-4H3,(H3,18,19,20,21). The van der Waals surface area contributed by atoms with E-state index in [0.29, 0.717) is 22.5 Å². The first-order valence-corrected chi connectivity index (χ1v) is 7.72. The number of halogens is 2. The van der Waals surface area contributed by atoms with Crippen LogP contribution in [0.2, 0.25) is 5.02 Å². The van der Waals surface area contributed by atoms with Crippen LogP contribution in [0.4, 0.5) is 17.3 Å². The highest BCUT2D eigenvalue weighted by molar-refractivity contribution is 9.10. The van der Waals surface area contributed by atoms with E-state index in [1.165, 1.54) is 0 Å². The van der Waals surface area contributed by atoms with E-state index >= 15 is 0 Å². The molecule has 1 aromatic heterocycles. The molecule has 3 N–H and O–H groups in total. The van der Waals surface area contributed by atoms with Crippen molar-refractivity contribution < 1.29 is 0 Å². The maximum Gasteiger partial charge on any atom is 0.139 e. The van der Waals surface area contributed by atoms with Gasteiger partial charge in [-0.15, -0.1) is 0 Å². The monoisotopic (exact) mass is 368 g/mol. The Balaban J connectivity index is 2.46. The number of anilines is 3. The topological polar surface area (TPSA) is 63.8 Å². The minimum atomic E-state index is -0.179. The van der Waals surface area contributed by atoms with Crippen molar-refractivity contribution in [2.24, 2.45) is 0 Å². The molecule has 0 fully saturated rings. The van der Waals surface area contributed by atoms with Crippen LogP contribution in [0, 0.1) is 6.92 Å².